The van der Waals surface area contributed by atoms with Crippen molar-refractivity contribution >= 4 is 212 Å². The molecule has 0 saturated heterocycles. The number of hydrogen-bond acceptors (Lipinski definition) is 24. The monoisotopic (exact) mass is 1080 g/mol. The Kier molecular flexibility index (Phi) is 18.6. The number of esters is 4. The van der Waals surface area contributed by atoms with E-state index < -0.39 is 23.9 Å². The smallest absolute Gasteiger partial charge is 0.346 e. The van der Waals surface area contributed by atoms with Gasteiger partial charge in [0, 0.05) is 0 Å². The zero-order valence-electron chi connectivity index (χ0n) is 31.1. The lowest BCUT2D eigenvalue weighted by Gasteiger charge is -2.08. The second-order valence-corrected chi connectivity index (χ2v) is 29.3. The van der Waals surface area contributed by atoms with E-state index in [0.29, 0.717) is 0 Å². The average Bonchev–Trinajstić information content (AvgIpc) is 4.09. The van der Waals surface area contributed by atoms with Gasteiger partial charge in [0.25, 0.3) is 0 Å². The molecule has 6 rings (SSSR count). The van der Waals surface area contributed by atoms with E-state index in [1.54, 1.807) is 141 Å². The van der Waals surface area contributed by atoms with Crippen molar-refractivity contribution in [2.75, 3.05) is 53.5 Å². The van der Waals surface area contributed by atoms with Gasteiger partial charge in [-0.15, -0.1) is 47.0 Å². The summed E-state index contributed by atoms with van der Waals surface area (Å²) in [5.41, 5.74) is 1.77. The Morgan fingerprint density at radius 1 is 0.379 bits per heavy atom. The van der Waals surface area contributed by atoms with Crippen molar-refractivity contribution in [3.8, 4) is 0 Å². The van der Waals surface area contributed by atoms with Crippen molar-refractivity contribution in [3.05, 3.63) is 106 Å². The second-order valence-electron chi connectivity index (χ2n) is 10.4. The van der Waals surface area contributed by atoms with E-state index in [2.05, 4.69) is 49.3 Å². The highest BCUT2D eigenvalue weighted by molar-refractivity contribution is 8.48. The minimum absolute atomic E-state index is 0.210. The Hall–Kier alpha value is 0.620. The SMILES string of the molecule is COC(=O)C1=C(C(=O)OC)SC(=C(C=C2SC(SC)=C(SC)S2)C=C2SC3=C(S2)SC(=CC(C=C2SC(SC)=C(SC)S2)=C2SC(C(=O)OC)=C(C(=O)OC)S2)S3)S1. The molecule has 0 fully saturated rings. The quantitative estimate of drug-likeness (QED) is 0.137. The van der Waals surface area contributed by atoms with E-state index in [0.717, 1.165) is 45.0 Å². The van der Waals surface area contributed by atoms with E-state index in [1.807, 2.05) is 0 Å². The van der Waals surface area contributed by atoms with Gasteiger partial charge in [-0.25, -0.2) is 19.2 Å². The predicted molar refractivity (Wildman–Crippen MR) is 275 cm³/mol. The largest absolute Gasteiger partial charge is 0.465 e. The van der Waals surface area contributed by atoms with Crippen LogP contribution >= 0.6 is 188 Å². The number of carbonyl (C=O) groups is 4. The number of rotatable bonds is 12. The zero-order valence-corrected chi connectivity index (χ0v) is 44.2. The third kappa shape index (κ3) is 11.3. The number of thioether (sulfide) groups is 16. The molecule has 0 amide bonds. The molecule has 0 saturated carbocycles. The standard InChI is InChI=1S/C34H28O8S16/c1-39-23(35)19-20(24(36)40-2)56-27(55-19)13(9-15-47-29(43-5)30(44-6)48-15)11-17-51-33-34(52-17)54-18(53-33)12-14(10-16-49-31(45-7)32(46-8)50-16)28-57-21(25(37)41-3)22(58-28)26(38)42-4/h9-12H,1-8H3. The lowest BCUT2D eigenvalue weighted by Crippen LogP contribution is -2.08. The molecule has 0 N–H and O–H groups in total. The fourth-order valence-electron chi connectivity index (χ4n) is 4.49. The summed E-state index contributed by atoms with van der Waals surface area (Å²) in [7, 11) is 5.20. The first-order chi connectivity index (χ1) is 28.0. The molecule has 0 aliphatic carbocycles. The molecule has 58 heavy (non-hydrogen) atoms. The first-order valence-corrected chi connectivity index (χ1v) is 30.4. The van der Waals surface area contributed by atoms with E-state index in [4.69, 9.17) is 18.9 Å². The van der Waals surface area contributed by atoms with Crippen LogP contribution in [0.1, 0.15) is 0 Å². The van der Waals surface area contributed by atoms with E-state index in [1.165, 1.54) is 92.4 Å². The molecule has 0 atom stereocenters. The molecule has 0 spiro atoms. The van der Waals surface area contributed by atoms with Gasteiger partial charge in [0.1, 0.15) is 19.6 Å². The van der Waals surface area contributed by atoms with Gasteiger partial charge in [0.2, 0.25) is 0 Å². The van der Waals surface area contributed by atoms with Crippen molar-refractivity contribution in [2.45, 2.75) is 0 Å². The normalized spacial score (nSPS) is 19.2. The van der Waals surface area contributed by atoms with Crippen LogP contribution in [-0.2, 0) is 38.1 Å². The highest BCUT2D eigenvalue weighted by Gasteiger charge is 2.37. The van der Waals surface area contributed by atoms with Crippen molar-refractivity contribution in [1.82, 2.24) is 0 Å². The van der Waals surface area contributed by atoms with Gasteiger partial charge in [-0.3, -0.25) is 0 Å². The van der Waals surface area contributed by atoms with Crippen LogP contribution < -0.4 is 0 Å². The number of ether oxygens (including phenoxy) is 4. The van der Waals surface area contributed by atoms with Crippen LogP contribution in [0.2, 0.25) is 0 Å². The van der Waals surface area contributed by atoms with Crippen molar-refractivity contribution in [2.24, 2.45) is 0 Å². The first kappa shape index (κ1) is 48.1. The molecule has 0 radical (unpaired) electrons. The molecule has 6 heterocycles. The molecule has 0 unspecified atom stereocenters. The molecule has 6 aliphatic heterocycles. The van der Waals surface area contributed by atoms with Gasteiger partial charge in [-0.05, 0) is 60.5 Å². The van der Waals surface area contributed by atoms with Crippen molar-refractivity contribution in [3.63, 3.8) is 0 Å². The van der Waals surface area contributed by atoms with E-state index in [9.17, 15) is 19.2 Å². The number of allylic oxidation sites excluding steroid dienone is 6. The number of carbonyl (C=O) groups excluding carboxylic acids is 4. The molecule has 0 aromatic carbocycles. The lowest BCUT2D eigenvalue weighted by molar-refractivity contribution is -0.138. The fourth-order valence-corrected chi connectivity index (χ4v) is 25.4. The number of hydrogen-bond donors (Lipinski definition) is 0. The van der Waals surface area contributed by atoms with Crippen LogP contribution in [0.5, 0.6) is 0 Å². The van der Waals surface area contributed by atoms with Gasteiger partial charge < -0.3 is 18.9 Å². The molecule has 0 bridgehead atoms. The minimum Gasteiger partial charge on any atom is -0.465 e. The molecule has 308 valence electrons. The summed E-state index contributed by atoms with van der Waals surface area (Å²) in [5.74, 6) is -2.34. The molecule has 24 heteroatoms. The fraction of sp³-hybridized carbons (Fsp3) is 0.235. The molecule has 0 aromatic rings. The van der Waals surface area contributed by atoms with E-state index >= 15 is 0 Å². The maximum atomic E-state index is 12.8. The summed E-state index contributed by atoms with van der Waals surface area (Å²) >= 11 is 25.3. The summed E-state index contributed by atoms with van der Waals surface area (Å²) in [6, 6.07) is 0. The third-order valence-electron chi connectivity index (χ3n) is 7.03. The first-order valence-electron chi connectivity index (χ1n) is 15.7. The second kappa shape index (κ2) is 22.5. The van der Waals surface area contributed by atoms with Gasteiger partial charge in [0.15, 0.2) is 0 Å². The van der Waals surface area contributed by atoms with Crippen LogP contribution in [-0.4, -0.2) is 77.3 Å². The highest BCUT2D eigenvalue weighted by Crippen LogP contribution is 2.68. The van der Waals surface area contributed by atoms with Crippen molar-refractivity contribution in [1.29, 1.82) is 0 Å². The highest BCUT2D eigenvalue weighted by atomic mass is 32.3. The van der Waals surface area contributed by atoms with E-state index in [-0.39, 0.29) is 19.6 Å². The van der Waals surface area contributed by atoms with Crippen LogP contribution in [0.25, 0.3) is 0 Å². The Labute approximate surface area is 404 Å². The molecule has 8 nitrogen and oxygen atoms in total. The van der Waals surface area contributed by atoms with Gasteiger partial charge in [-0.2, -0.15) is 0 Å². The van der Waals surface area contributed by atoms with Gasteiger partial charge >= 0.3 is 23.9 Å². The molecule has 6 aliphatic rings. The maximum Gasteiger partial charge on any atom is 0.346 e. The summed E-state index contributed by atoms with van der Waals surface area (Å²) in [6.07, 6.45) is 16.8. The zero-order chi connectivity index (χ0) is 41.7. The lowest BCUT2D eigenvalue weighted by atomic mass is 10.3. The summed E-state index contributed by atoms with van der Waals surface area (Å²) in [6.45, 7) is 0. The minimum atomic E-state index is -0.584. The van der Waals surface area contributed by atoms with Crippen LogP contribution in [0.4, 0.5) is 0 Å². The number of methoxy groups -OCH3 is 4. The Morgan fingerprint density at radius 2 is 0.603 bits per heavy atom. The summed E-state index contributed by atoms with van der Waals surface area (Å²) in [5, 5.41) is 0. The van der Waals surface area contributed by atoms with Gasteiger partial charge in [-0.1, -0.05) is 141 Å². The Morgan fingerprint density at radius 3 is 0.810 bits per heavy atom. The average molecular weight is 1080 g/mol. The Balaban J connectivity index is 1.29. The summed E-state index contributed by atoms with van der Waals surface area (Å²) < 4.78 is 33.3. The topological polar surface area (TPSA) is 105 Å². The van der Waals surface area contributed by atoms with Crippen LogP contribution in [0.15, 0.2) is 106 Å². The molecular weight excluding hydrogens is 1050 g/mol. The maximum absolute atomic E-state index is 12.8. The summed E-state index contributed by atoms with van der Waals surface area (Å²) in [4.78, 5) is 52.0. The molecular formula is C34H28O8S16. The van der Waals surface area contributed by atoms with Gasteiger partial charge in [0.05, 0.1) is 79.3 Å². The Bertz CT molecular complexity index is 1940. The molecule has 0 aromatic heterocycles. The third-order valence-corrected chi connectivity index (χ3v) is 27.8. The predicted octanol–water partition coefficient (Wildman–Crippen LogP) is 13.6. The van der Waals surface area contributed by atoms with Crippen LogP contribution in [0.3, 0.4) is 0 Å². The van der Waals surface area contributed by atoms with Crippen molar-refractivity contribution < 1.29 is 38.1 Å². The van der Waals surface area contributed by atoms with Crippen LogP contribution in [0, 0.1) is 0 Å².